The fourth-order valence-corrected chi connectivity index (χ4v) is 1.38. The Morgan fingerprint density at radius 3 is 3.00 bits per heavy atom. The Bertz CT molecular complexity index is 258. The van der Waals surface area contributed by atoms with Gasteiger partial charge >= 0.3 is 0 Å². The molecule has 0 spiro atoms. The van der Waals surface area contributed by atoms with Gasteiger partial charge in [-0.15, -0.1) is 0 Å². The third kappa shape index (κ3) is 2.05. The Balaban J connectivity index is 2.10. The van der Waals surface area contributed by atoms with Crippen LogP contribution in [-0.4, -0.2) is 11.0 Å². The Morgan fingerprint density at radius 1 is 1.55 bits per heavy atom. The minimum absolute atomic E-state index is 0.695. The summed E-state index contributed by atoms with van der Waals surface area (Å²) in [6, 6.07) is 4.76. The predicted molar refractivity (Wildman–Crippen MR) is 53.6 cm³/mol. The molecule has 0 radical (unpaired) electrons. The second-order valence-electron chi connectivity index (χ2n) is 2.78. The van der Waals surface area contributed by atoms with Crippen LogP contribution >= 0.6 is 22.6 Å². The summed E-state index contributed by atoms with van der Waals surface area (Å²) in [7, 11) is 0. The van der Waals surface area contributed by atoms with Crippen molar-refractivity contribution in [2.45, 2.75) is 18.9 Å². The second kappa shape index (κ2) is 2.97. The van der Waals surface area contributed by atoms with Gasteiger partial charge in [0.2, 0.25) is 0 Å². The molecular formula is C8H9IN2. The maximum Gasteiger partial charge on any atom is 0.127 e. The molecule has 1 aliphatic rings. The average Bonchev–Trinajstić information content (AvgIpc) is 2.71. The van der Waals surface area contributed by atoms with Gasteiger partial charge in [-0.3, -0.25) is 0 Å². The van der Waals surface area contributed by atoms with E-state index >= 15 is 0 Å². The molecule has 1 saturated carbocycles. The van der Waals surface area contributed by atoms with Gasteiger partial charge in [-0.25, -0.2) is 4.98 Å². The van der Waals surface area contributed by atoms with Gasteiger partial charge in [0.05, 0.1) is 0 Å². The molecule has 0 aromatic carbocycles. The van der Waals surface area contributed by atoms with Gasteiger partial charge in [0.1, 0.15) is 5.82 Å². The van der Waals surface area contributed by atoms with E-state index in [1.54, 1.807) is 0 Å². The van der Waals surface area contributed by atoms with Crippen LogP contribution < -0.4 is 5.32 Å². The zero-order valence-electron chi connectivity index (χ0n) is 6.05. The summed E-state index contributed by atoms with van der Waals surface area (Å²) in [5.41, 5.74) is 0. The lowest BCUT2D eigenvalue weighted by Crippen LogP contribution is -2.02. The van der Waals surface area contributed by atoms with Crippen molar-refractivity contribution in [3.05, 3.63) is 21.9 Å². The summed E-state index contributed by atoms with van der Waals surface area (Å²) in [4.78, 5) is 4.20. The Labute approximate surface area is 79.6 Å². The number of rotatable bonds is 2. The van der Waals surface area contributed by atoms with Crippen molar-refractivity contribution in [3.63, 3.8) is 0 Å². The van der Waals surface area contributed by atoms with E-state index in [0.717, 1.165) is 5.82 Å². The first-order valence-electron chi connectivity index (χ1n) is 3.73. The van der Waals surface area contributed by atoms with Crippen LogP contribution in [0.25, 0.3) is 0 Å². The molecule has 1 aromatic heterocycles. The highest BCUT2D eigenvalue weighted by Crippen LogP contribution is 2.23. The Hall–Kier alpha value is -0.320. The molecule has 0 unspecified atom stereocenters. The summed E-state index contributed by atoms with van der Waals surface area (Å²) in [5.74, 6) is 1.01. The first-order valence-corrected chi connectivity index (χ1v) is 4.80. The van der Waals surface area contributed by atoms with E-state index in [-0.39, 0.29) is 0 Å². The third-order valence-electron chi connectivity index (χ3n) is 1.65. The first-order chi connectivity index (χ1) is 5.34. The lowest BCUT2D eigenvalue weighted by molar-refractivity contribution is 1.11. The molecule has 1 heterocycles. The molecule has 0 atom stereocenters. The summed E-state index contributed by atoms with van der Waals surface area (Å²) in [6.45, 7) is 0. The van der Waals surface area contributed by atoms with E-state index in [4.69, 9.17) is 0 Å². The average molecular weight is 260 g/mol. The van der Waals surface area contributed by atoms with E-state index in [9.17, 15) is 0 Å². The largest absolute Gasteiger partial charge is 0.367 e. The molecule has 0 bridgehead atoms. The summed E-state index contributed by atoms with van der Waals surface area (Å²) >= 11 is 2.29. The van der Waals surface area contributed by atoms with Crippen LogP contribution in [-0.2, 0) is 0 Å². The highest BCUT2D eigenvalue weighted by molar-refractivity contribution is 14.1. The number of hydrogen-bond donors (Lipinski definition) is 1. The smallest absolute Gasteiger partial charge is 0.127 e. The molecule has 3 heteroatoms. The molecule has 58 valence electrons. The molecule has 11 heavy (non-hydrogen) atoms. The number of nitrogens with zero attached hydrogens (tertiary/aromatic N) is 1. The molecule has 1 N–H and O–H groups in total. The molecule has 1 fully saturated rings. The lowest BCUT2D eigenvalue weighted by atomic mass is 10.4. The monoisotopic (exact) mass is 260 g/mol. The number of nitrogens with one attached hydrogen (secondary N) is 1. The summed E-state index contributed by atoms with van der Waals surface area (Å²) in [6.07, 6.45) is 4.44. The van der Waals surface area contributed by atoms with E-state index < -0.39 is 0 Å². The van der Waals surface area contributed by atoms with Gasteiger partial charge in [0.15, 0.2) is 0 Å². The van der Waals surface area contributed by atoms with Crippen LogP contribution in [0.4, 0.5) is 5.82 Å². The van der Waals surface area contributed by atoms with Crippen LogP contribution in [0.15, 0.2) is 18.3 Å². The van der Waals surface area contributed by atoms with Crippen LogP contribution in [0.3, 0.4) is 0 Å². The quantitative estimate of drug-likeness (QED) is 0.825. The lowest BCUT2D eigenvalue weighted by Gasteiger charge is -2.01. The minimum Gasteiger partial charge on any atom is -0.367 e. The Kier molecular flexibility index (Phi) is 1.98. The number of hydrogen-bond acceptors (Lipinski definition) is 2. The molecule has 0 saturated heterocycles. The van der Waals surface area contributed by atoms with Crippen LogP contribution in [0.2, 0.25) is 0 Å². The number of pyridine rings is 1. The first kappa shape index (κ1) is 7.34. The van der Waals surface area contributed by atoms with Crippen molar-refractivity contribution in [1.82, 2.24) is 4.98 Å². The SMILES string of the molecule is Ic1ccnc(NC2CC2)c1. The fourth-order valence-electron chi connectivity index (χ4n) is 0.921. The maximum absolute atomic E-state index is 4.20. The van der Waals surface area contributed by atoms with Crippen LogP contribution in [0, 0.1) is 3.57 Å². The highest BCUT2D eigenvalue weighted by Gasteiger charge is 2.20. The van der Waals surface area contributed by atoms with Crippen molar-refractivity contribution in [2.24, 2.45) is 0 Å². The predicted octanol–water partition coefficient (Wildman–Crippen LogP) is 2.26. The normalized spacial score (nSPS) is 16.5. The molecule has 2 nitrogen and oxygen atoms in total. The molecule has 1 aliphatic carbocycles. The maximum atomic E-state index is 4.20. The van der Waals surface area contributed by atoms with Gasteiger partial charge in [-0.2, -0.15) is 0 Å². The van der Waals surface area contributed by atoms with Gasteiger partial charge in [0.25, 0.3) is 0 Å². The summed E-state index contributed by atoms with van der Waals surface area (Å²) < 4.78 is 1.24. The number of halogens is 1. The van der Waals surface area contributed by atoms with Crippen molar-refractivity contribution < 1.29 is 0 Å². The number of aromatic nitrogens is 1. The van der Waals surface area contributed by atoms with E-state index in [1.807, 2.05) is 12.3 Å². The van der Waals surface area contributed by atoms with E-state index in [0.29, 0.717) is 6.04 Å². The molecule has 0 amide bonds. The highest BCUT2D eigenvalue weighted by atomic mass is 127. The standard InChI is InChI=1S/C8H9IN2/c9-6-3-4-10-8(5-6)11-7-1-2-7/h3-5,7H,1-2H2,(H,10,11). The van der Waals surface area contributed by atoms with E-state index in [2.05, 4.69) is 39.0 Å². The van der Waals surface area contributed by atoms with E-state index in [1.165, 1.54) is 16.4 Å². The molecule has 2 rings (SSSR count). The molecule has 1 aromatic rings. The zero-order chi connectivity index (χ0) is 7.68. The van der Waals surface area contributed by atoms with Crippen LogP contribution in [0.1, 0.15) is 12.8 Å². The third-order valence-corrected chi connectivity index (χ3v) is 2.32. The van der Waals surface area contributed by atoms with Gasteiger partial charge in [-0.05, 0) is 47.6 Å². The summed E-state index contributed by atoms with van der Waals surface area (Å²) in [5, 5.41) is 3.34. The van der Waals surface area contributed by atoms with Gasteiger partial charge in [-0.1, -0.05) is 0 Å². The topological polar surface area (TPSA) is 24.9 Å². The second-order valence-corrected chi connectivity index (χ2v) is 4.02. The Morgan fingerprint density at radius 2 is 2.36 bits per heavy atom. The van der Waals surface area contributed by atoms with Crippen LogP contribution in [0.5, 0.6) is 0 Å². The van der Waals surface area contributed by atoms with Crippen molar-refractivity contribution >= 4 is 28.4 Å². The van der Waals surface area contributed by atoms with Crippen molar-refractivity contribution in [3.8, 4) is 0 Å². The minimum atomic E-state index is 0.695. The van der Waals surface area contributed by atoms with Gasteiger partial charge in [0, 0.05) is 15.8 Å². The fraction of sp³-hybridized carbons (Fsp3) is 0.375. The number of anilines is 1. The van der Waals surface area contributed by atoms with Crippen molar-refractivity contribution in [2.75, 3.05) is 5.32 Å². The zero-order valence-corrected chi connectivity index (χ0v) is 8.21. The van der Waals surface area contributed by atoms with Crippen molar-refractivity contribution in [1.29, 1.82) is 0 Å². The van der Waals surface area contributed by atoms with Gasteiger partial charge < -0.3 is 5.32 Å². The molecular weight excluding hydrogens is 251 g/mol. The molecule has 0 aliphatic heterocycles.